The lowest BCUT2D eigenvalue weighted by Gasteiger charge is -2.37. The van der Waals surface area contributed by atoms with E-state index in [0.29, 0.717) is 24.7 Å². The molecule has 0 amide bonds. The molecule has 2 aliphatic heterocycles. The van der Waals surface area contributed by atoms with E-state index < -0.39 is 5.60 Å². The summed E-state index contributed by atoms with van der Waals surface area (Å²) in [6.45, 7) is 2.87. The molecule has 0 fully saturated rings. The second kappa shape index (κ2) is 7.34. The van der Waals surface area contributed by atoms with Crippen LogP contribution in [0.3, 0.4) is 0 Å². The Morgan fingerprint density at radius 1 is 1.00 bits per heavy atom. The predicted octanol–water partition coefficient (Wildman–Crippen LogP) is 5.92. The molecule has 0 saturated heterocycles. The van der Waals surface area contributed by atoms with Gasteiger partial charge in [0.25, 0.3) is 0 Å². The molecule has 166 valence electrons. The fraction of sp³-hybridized carbons (Fsp3) is 0.214. The molecular weight excluding hydrogens is 416 g/mol. The second-order valence-corrected chi connectivity index (χ2v) is 8.72. The van der Waals surface area contributed by atoms with E-state index in [-0.39, 0.29) is 11.7 Å². The van der Waals surface area contributed by atoms with Crippen LogP contribution in [0, 0.1) is 0 Å². The minimum absolute atomic E-state index is 0.0357. The van der Waals surface area contributed by atoms with Gasteiger partial charge in [-0.05, 0) is 41.5 Å². The van der Waals surface area contributed by atoms with Crippen LogP contribution in [0.15, 0.2) is 72.8 Å². The van der Waals surface area contributed by atoms with E-state index in [1.807, 2.05) is 42.5 Å². The van der Waals surface area contributed by atoms with E-state index in [4.69, 9.17) is 18.9 Å². The maximum atomic E-state index is 10.8. The molecule has 2 aliphatic rings. The summed E-state index contributed by atoms with van der Waals surface area (Å²) in [6.07, 6.45) is 0. The van der Waals surface area contributed by atoms with Gasteiger partial charge in [-0.2, -0.15) is 0 Å². The van der Waals surface area contributed by atoms with Gasteiger partial charge in [0.1, 0.15) is 29.5 Å². The highest BCUT2D eigenvalue weighted by Gasteiger charge is 2.51. The minimum Gasteiger partial charge on any atom is -0.504 e. The lowest BCUT2D eigenvalue weighted by Crippen LogP contribution is -2.38. The van der Waals surface area contributed by atoms with Gasteiger partial charge in [-0.15, -0.1) is 0 Å². The Morgan fingerprint density at radius 2 is 1.85 bits per heavy atom. The van der Waals surface area contributed by atoms with Crippen molar-refractivity contribution in [2.24, 2.45) is 0 Å². The smallest absolute Gasteiger partial charge is 0.165 e. The van der Waals surface area contributed by atoms with Crippen LogP contribution < -0.4 is 18.9 Å². The molecule has 2 unspecified atom stereocenters. The summed E-state index contributed by atoms with van der Waals surface area (Å²) >= 11 is 0. The molecule has 2 atom stereocenters. The van der Waals surface area contributed by atoms with Gasteiger partial charge in [0, 0.05) is 23.3 Å². The molecule has 5 nitrogen and oxygen atoms in total. The van der Waals surface area contributed by atoms with E-state index in [1.54, 1.807) is 19.2 Å². The van der Waals surface area contributed by atoms with Crippen LogP contribution >= 0.6 is 0 Å². The number of phenols is 1. The summed E-state index contributed by atoms with van der Waals surface area (Å²) < 4.78 is 24.0. The van der Waals surface area contributed by atoms with Crippen molar-refractivity contribution in [3.63, 3.8) is 0 Å². The number of phenolic OH excluding ortho intramolecular Hbond substituents is 1. The van der Waals surface area contributed by atoms with E-state index >= 15 is 0 Å². The van der Waals surface area contributed by atoms with Crippen molar-refractivity contribution < 1.29 is 24.1 Å². The molecule has 33 heavy (non-hydrogen) atoms. The fourth-order valence-corrected chi connectivity index (χ4v) is 5.04. The minimum atomic E-state index is -0.594. The van der Waals surface area contributed by atoms with E-state index in [0.717, 1.165) is 39.0 Å². The highest BCUT2D eigenvalue weighted by molar-refractivity contribution is 5.85. The number of rotatable bonds is 4. The number of hydrogen-bond donors (Lipinski definition) is 1. The lowest BCUT2D eigenvalue weighted by atomic mass is 9.79. The molecule has 4 aromatic carbocycles. The molecule has 0 bridgehead atoms. The van der Waals surface area contributed by atoms with Crippen LogP contribution in [-0.4, -0.2) is 18.8 Å². The number of fused-ring (bicyclic) bond motifs is 6. The van der Waals surface area contributed by atoms with Gasteiger partial charge in [0.05, 0.1) is 19.6 Å². The maximum absolute atomic E-state index is 10.8. The quantitative estimate of drug-likeness (QED) is 0.427. The number of aromatic hydroxyl groups is 1. The largest absolute Gasteiger partial charge is 0.504 e. The van der Waals surface area contributed by atoms with Crippen molar-refractivity contribution in [3.8, 4) is 28.7 Å². The molecule has 5 heteroatoms. The Hall–Kier alpha value is -3.86. The third kappa shape index (κ3) is 3.07. The molecule has 0 saturated carbocycles. The van der Waals surface area contributed by atoms with E-state index in [2.05, 4.69) is 25.1 Å². The summed E-state index contributed by atoms with van der Waals surface area (Å²) in [7, 11) is 1.64. The second-order valence-electron chi connectivity index (χ2n) is 8.72. The predicted molar refractivity (Wildman–Crippen MR) is 126 cm³/mol. The van der Waals surface area contributed by atoms with Crippen molar-refractivity contribution in [2.75, 3.05) is 13.7 Å². The Morgan fingerprint density at radius 3 is 2.73 bits per heavy atom. The molecule has 6 rings (SSSR count). The third-order valence-corrected chi connectivity index (χ3v) is 6.85. The highest BCUT2D eigenvalue weighted by atomic mass is 16.5. The SMILES string of the molecule is COc1ccc2c(c1)OCC1c3cc(O)c(OCc4cccc5ccccc45)cc3OC21C. The summed E-state index contributed by atoms with van der Waals surface area (Å²) in [5, 5.41) is 13.1. The molecule has 0 aromatic heterocycles. The fourth-order valence-electron chi connectivity index (χ4n) is 5.04. The van der Waals surface area contributed by atoms with Crippen LogP contribution in [0.5, 0.6) is 28.7 Å². The Bertz CT molecular complexity index is 1370. The summed E-state index contributed by atoms with van der Waals surface area (Å²) in [6, 6.07) is 23.7. The number of hydrogen-bond acceptors (Lipinski definition) is 5. The highest BCUT2D eigenvalue weighted by Crippen LogP contribution is 2.57. The van der Waals surface area contributed by atoms with Crippen molar-refractivity contribution in [2.45, 2.75) is 25.0 Å². The average molecular weight is 440 g/mol. The average Bonchev–Trinajstić information content (AvgIpc) is 3.13. The molecule has 0 aliphatic carbocycles. The van der Waals surface area contributed by atoms with Gasteiger partial charge in [0.15, 0.2) is 11.5 Å². The number of ether oxygens (including phenoxy) is 4. The van der Waals surface area contributed by atoms with Gasteiger partial charge in [0.2, 0.25) is 0 Å². The molecule has 0 spiro atoms. The zero-order valence-corrected chi connectivity index (χ0v) is 18.5. The number of benzene rings is 4. The third-order valence-electron chi connectivity index (χ3n) is 6.85. The van der Waals surface area contributed by atoms with Crippen molar-refractivity contribution in [1.29, 1.82) is 0 Å². The van der Waals surface area contributed by atoms with Crippen LogP contribution in [0.4, 0.5) is 0 Å². The van der Waals surface area contributed by atoms with Crippen molar-refractivity contribution >= 4 is 10.8 Å². The van der Waals surface area contributed by atoms with Gasteiger partial charge in [-0.1, -0.05) is 42.5 Å². The standard InChI is InChI=1S/C28H24O5/c1-28-22-11-10-19(30-2)12-26(22)32-16-23(28)21-13-24(29)27(14-25(21)33-28)31-15-18-8-5-7-17-6-3-4-9-20(17)18/h3-14,23,29H,15-16H2,1-2H3. The molecule has 1 N–H and O–H groups in total. The Kier molecular flexibility index (Phi) is 4.40. The number of methoxy groups -OCH3 is 1. The summed E-state index contributed by atoms with van der Waals surface area (Å²) in [5.41, 5.74) is 2.36. The Balaban J connectivity index is 1.31. The van der Waals surface area contributed by atoms with Crippen LogP contribution in [0.2, 0.25) is 0 Å². The lowest BCUT2D eigenvalue weighted by molar-refractivity contribution is 0.0432. The van der Waals surface area contributed by atoms with Crippen LogP contribution in [-0.2, 0) is 12.2 Å². The van der Waals surface area contributed by atoms with Gasteiger partial charge >= 0.3 is 0 Å². The first-order valence-electron chi connectivity index (χ1n) is 11.0. The van der Waals surface area contributed by atoms with Crippen LogP contribution in [0.25, 0.3) is 10.8 Å². The first-order valence-corrected chi connectivity index (χ1v) is 11.0. The van der Waals surface area contributed by atoms with Gasteiger partial charge in [-0.25, -0.2) is 0 Å². The van der Waals surface area contributed by atoms with Crippen molar-refractivity contribution in [3.05, 3.63) is 89.5 Å². The molecule has 4 aromatic rings. The van der Waals surface area contributed by atoms with Crippen molar-refractivity contribution in [1.82, 2.24) is 0 Å². The molecule has 0 radical (unpaired) electrons. The van der Waals surface area contributed by atoms with E-state index in [9.17, 15) is 5.11 Å². The normalized spacial score (nSPS) is 20.2. The molecular formula is C28H24O5. The van der Waals surface area contributed by atoms with Gasteiger partial charge in [-0.3, -0.25) is 0 Å². The monoisotopic (exact) mass is 440 g/mol. The topological polar surface area (TPSA) is 57.2 Å². The summed E-state index contributed by atoms with van der Waals surface area (Å²) in [4.78, 5) is 0. The first-order chi connectivity index (χ1) is 16.1. The summed E-state index contributed by atoms with van der Waals surface area (Å²) in [5.74, 6) is 2.68. The maximum Gasteiger partial charge on any atom is 0.165 e. The van der Waals surface area contributed by atoms with E-state index in [1.165, 1.54) is 0 Å². The molecule has 2 heterocycles. The van der Waals surface area contributed by atoms with Crippen LogP contribution in [0.1, 0.15) is 29.5 Å². The zero-order chi connectivity index (χ0) is 22.6. The zero-order valence-electron chi connectivity index (χ0n) is 18.5. The first kappa shape index (κ1) is 19.8. The van der Waals surface area contributed by atoms with Gasteiger partial charge < -0.3 is 24.1 Å². The Labute approximate surface area is 192 Å².